The maximum absolute atomic E-state index is 12.9. The highest BCUT2D eigenvalue weighted by Crippen LogP contribution is 2.35. The van der Waals surface area contributed by atoms with Crippen LogP contribution < -0.4 is 4.90 Å². The molecule has 8 nitrogen and oxygen atoms in total. The number of nitrogens with zero attached hydrogens (tertiary/aromatic N) is 6. The summed E-state index contributed by atoms with van der Waals surface area (Å²) in [7, 11) is 0. The zero-order valence-corrected chi connectivity index (χ0v) is 17.9. The number of rotatable bonds is 4. The van der Waals surface area contributed by atoms with Crippen molar-refractivity contribution in [2.45, 2.75) is 44.4 Å². The van der Waals surface area contributed by atoms with Crippen molar-refractivity contribution in [3.63, 3.8) is 0 Å². The van der Waals surface area contributed by atoms with Crippen molar-refractivity contribution in [2.24, 2.45) is 5.92 Å². The second-order valence-corrected chi connectivity index (χ2v) is 8.74. The Bertz CT molecular complexity index is 888. The van der Waals surface area contributed by atoms with Crippen LogP contribution in [0.5, 0.6) is 0 Å². The molecule has 4 heterocycles. The molecule has 0 radical (unpaired) electrons. The molecule has 0 aromatic carbocycles. The second kappa shape index (κ2) is 9.26. The van der Waals surface area contributed by atoms with Crippen LogP contribution in [-0.2, 0) is 9.53 Å². The molecule has 31 heavy (non-hydrogen) atoms. The largest absolute Gasteiger partial charge is 0.378 e. The Labute approximate surface area is 183 Å². The van der Waals surface area contributed by atoms with Gasteiger partial charge in [-0.05, 0) is 25.7 Å². The topological polar surface area (TPSA) is 84.3 Å². The highest BCUT2D eigenvalue weighted by Gasteiger charge is 2.32. The number of ether oxygens (including phenoxy) is 1. The van der Waals surface area contributed by atoms with Gasteiger partial charge in [0.2, 0.25) is 11.9 Å². The minimum atomic E-state index is 0.249. The minimum absolute atomic E-state index is 0.249. The maximum atomic E-state index is 12.9. The molecule has 2 aliphatic heterocycles. The first-order valence-corrected chi connectivity index (χ1v) is 11.5. The van der Waals surface area contributed by atoms with Gasteiger partial charge in [-0.3, -0.25) is 14.8 Å². The molecule has 3 aliphatic rings. The van der Waals surface area contributed by atoms with Crippen molar-refractivity contribution in [3.8, 4) is 11.3 Å². The molecule has 0 N–H and O–H groups in total. The second-order valence-electron chi connectivity index (χ2n) is 8.74. The quantitative estimate of drug-likeness (QED) is 0.749. The molecular formula is C23H30N6O2. The molecule has 2 saturated heterocycles. The van der Waals surface area contributed by atoms with Crippen LogP contribution in [0.3, 0.4) is 0 Å². The van der Waals surface area contributed by atoms with Crippen LogP contribution in [0.15, 0.2) is 24.8 Å². The molecule has 0 spiro atoms. The molecule has 5 rings (SSSR count). The van der Waals surface area contributed by atoms with Crippen LogP contribution in [0.1, 0.15) is 50.1 Å². The Morgan fingerprint density at radius 3 is 2.42 bits per heavy atom. The lowest BCUT2D eigenvalue weighted by Gasteiger charge is -2.34. The number of likely N-dealkylation sites (tertiary alicyclic amines) is 1. The van der Waals surface area contributed by atoms with E-state index in [1.807, 2.05) is 6.20 Å². The zero-order valence-electron chi connectivity index (χ0n) is 17.9. The smallest absolute Gasteiger partial charge is 0.225 e. The van der Waals surface area contributed by atoms with Gasteiger partial charge in [0, 0.05) is 62.2 Å². The minimum Gasteiger partial charge on any atom is -0.378 e. The van der Waals surface area contributed by atoms with E-state index in [-0.39, 0.29) is 11.8 Å². The van der Waals surface area contributed by atoms with Gasteiger partial charge in [-0.25, -0.2) is 9.97 Å². The number of hydrogen-bond donors (Lipinski definition) is 0. The lowest BCUT2D eigenvalue weighted by atomic mass is 9.89. The number of morpholine rings is 1. The monoisotopic (exact) mass is 422 g/mol. The van der Waals surface area contributed by atoms with Gasteiger partial charge in [0.05, 0.1) is 30.8 Å². The predicted molar refractivity (Wildman–Crippen MR) is 117 cm³/mol. The number of piperidine rings is 1. The molecule has 2 aromatic heterocycles. The first-order valence-electron chi connectivity index (χ1n) is 11.5. The first kappa shape index (κ1) is 20.3. The average Bonchev–Trinajstić information content (AvgIpc) is 3.40. The summed E-state index contributed by atoms with van der Waals surface area (Å²) in [6.45, 7) is 4.61. The van der Waals surface area contributed by atoms with Gasteiger partial charge in [0.25, 0.3) is 0 Å². The number of hydrogen-bond acceptors (Lipinski definition) is 7. The predicted octanol–water partition coefficient (Wildman–Crippen LogP) is 2.67. The third-order valence-electron chi connectivity index (χ3n) is 6.84. The molecule has 0 unspecified atom stereocenters. The standard InChI is InChI=1S/C23H30N6O2/c30-22(18-3-1-2-4-18)28-9-5-17(6-10-28)21-19(20-16-24-7-8-25-20)15-26-23(27-21)29-11-13-31-14-12-29/h7-8,15-18H,1-6,9-14H2. The molecule has 1 saturated carbocycles. The Morgan fingerprint density at radius 1 is 0.935 bits per heavy atom. The maximum Gasteiger partial charge on any atom is 0.225 e. The lowest BCUT2D eigenvalue weighted by molar-refractivity contribution is -0.136. The fourth-order valence-corrected chi connectivity index (χ4v) is 5.05. The number of aromatic nitrogens is 4. The van der Waals surface area contributed by atoms with Gasteiger partial charge in [-0.1, -0.05) is 12.8 Å². The van der Waals surface area contributed by atoms with E-state index in [1.54, 1.807) is 18.6 Å². The molecule has 3 fully saturated rings. The molecule has 164 valence electrons. The van der Waals surface area contributed by atoms with Crippen molar-refractivity contribution in [1.82, 2.24) is 24.8 Å². The van der Waals surface area contributed by atoms with E-state index in [2.05, 4.69) is 24.8 Å². The highest BCUT2D eigenvalue weighted by molar-refractivity contribution is 5.79. The molecule has 0 bridgehead atoms. The van der Waals surface area contributed by atoms with Crippen LogP contribution >= 0.6 is 0 Å². The van der Waals surface area contributed by atoms with Gasteiger partial charge in [0.15, 0.2) is 0 Å². The molecule has 2 aromatic rings. The summed E-state index contributed by atoms with van der Waals surface area (Å²) in [6, 6.07) is 0. The summed E-state index contributed by atoms with van der Waals surface area (Å²) >= 11 is 0. The van der Waals surface area contributed by atoms with Crippen molar-refractivity contribution < 1.29 is 9.53 Å². The van der Waals surface area contributed by atoms with E-state index in [1.165, 1.54) is 12.8 Å². The van der Waals surface area contributed by atoms with Crippen LogP contribution in [0.4, 0.5) is 5.95 Å². The third-order valence-corrected chi connectivity index (χ3v) is 6.84. The molecule has 1 aliphatic carbocycles. The number of carbonyl (C=O) groups excluding carboxylic acids is 1. The van der Waals surface area contributed by atoms with E-state index < -0.39 is 0 Å². The Balaban J connectivity index is 1.38. The van der Waals surface area contributed by atoms with E-state index in [0.29, 0.717) is 19.1 Å². The fourth-order valence-electron chi connectivity index (χ4n) is 5.05. The third kappa shape index (κ3) is 4.39. The fraction of sp³-hybridized carbons (Fsp3) is 0.609. The van der Waals surface area contributed by atoms with E-state index in [9.17, 15) is 4.79 Å². The van der Waals surface area contributed by atoms with E-state index in [0.717, 1.165) is 74.8 Å². The highest BCUT2D eigenvalue weighted by atomic mass is 16.5. The van der Waals surface area contributed by atoms with Gasteiger partial charge < -0.3 is 14.5 Å². The summed E-state index contributed by atoms with van der Waals surface area (Å²) in [6.07, 6.45) is 13.4. The summed E-state index contributed by atoms with van der Waals surface area (Å²) in [5.74, 6) is 1.66. The van der Waals surface area contributed by atoms with Crippen molar-refractivity contribution >= 4 is 11.9 Å². The molecule has 0 atom stereocenters. The summed E-state index contributed by atoms with van der Waals surface area (Å²) in [5.41, 5.74) is 2.78. The average molecular weight is 423 g/mol. The van der Waals surface area contributed by atoms with Crippen LogP contribution in [0.25, 0.3) is 11.3 Å². The van der Waals surface area contributed by atoms with Crippen molar-refractivity contribution in [1.29, 1.82) is 0 Å². The summed E-state index contributed by atoms with van der Waals surface area (Å²) in [5, 5.41) is 0. The van der Waals surface area contributed by atoms with Gasteiger partial charge in [-0.2, -0.15) is 0 Å². The van der Waals surface area contributed by atoms with Gasteiger partial charge in [-0.15, -0.1) is 0 Å². The van der Waals surface area contributed by atoms with Crippen molar-refractivity contribution in [2.75, 3.05) is 44.3 Å². The molecular weight excluding hydrogens is 392 g/mol. The molecule has 1 amide bonds. The Hall–Kier alpha value is -2.61. The van der Waals surface area contributed by atoms with E-state index in [4.69, 9.17) is 9.72 Å². The summed E-state index contributed by atoms with van der Waals surface area (Å²) < 4.78 is 5.48. The SMILES string of the molecule is O=C(C1CCCC1)N1CCC(c2nc(N3CCOCC3)ncc2-c2cnccn2)CC1. The summed E-state index contributed by atoms with van der Waals surface area (Å²) in [4.78, 5) is 35.6. The van der Waals surface area contributed by atoms with Crippen LogP contribution in [0, 0.1) is 5.92 Å². The normalized spacial score (nSPS) is 20.9. The van der Waals surface area contributed by atoms with Crippen molar-refractivity contribution in [3.05, 3.63) is 30.5 Å². The van der Waals surface area contributed by atoms with Gasteiger partial charge in [0.1, 0.15) is 0 Å². The zero-order chi connectivity index (χ0) is 21.0. The Morgan fingerprint density at radius 2 is 1.71 bits per heavy atom. The number of anilines is 1. The number of amides is 1. The van der Waals surface area contributed by atoms with E-state index >= 15 is 0 Å². The van der Waals surface area contributed by atoms with Gasteiger partial charge >= 0.3 is 0 Å². The first-order chi connectivity index (χ1) is 15.3. The lowest BCUT2D eigenvalue weighted by Crippen LogP contribution is -2.41. The Kier molecular flexibility index (Phi) is 6.06. The molecule has 8 heteroatoms. The van der Waals surface area contributed by atoms with Crippen LogP contribution in [-0.4, -0.2) is 70.1 Å². The van der Waals surface area contributed by atoms with Crippen LogP contribution in [0.2, 0.25) is 0 Å². The number of carbonyl (C=O) groups is 1.